The van der Waals surface area contributed by atoms with Crippen LogP contribution in [0.5, 0.6) is 0 Å². The van der Waals surface area contributed by atoms with Crippen LogP contribution in [0.4, 0.5) is 5.82 Å². The topological polar surface area (TPSA) is 52.6 Å². The van der Waals surface area contributed by atoms with Crippen LogP contribution < -0.4 is 15.5 Å². The maximum absolute atomic E-state index is 4.72. The predicted octanol–water partition coefficient (Wildman–Crippen LogP) is 3.83. The van der Waals surface area contributed by atoms with Gasteiger partial charge in [-0.2, -0.15) is 11.3 Å². The van der Waals surface area contributed by atoms with E-state index in [4.69, 9.17) is 4.98 Å². The van der Waals surface area contributed by atoms with E-state index in [0.717, 1.165) is 29.2 Å². The number of fused-ring (bicyclic) bond motifs is 1. The molecule has 2 N–H and O–H groups in total. The van der Waals surface area contributed by atoms with Crippen molar-refractivity contribution >= 4 is 34.0 Å². The molecule has 0 aliphatic carbocycles. The fourth-order valence-electron chi connectivity index (χ4n) is 2.93. The molecule has 142 valence electrons. The van der Waals surface area contributed by atoms with Crippen molar-refractivity contribution in [3.63, 3.8) is 0 Å². The maximum Gasteiger partial charge on any atom is 0.191 e. The van der Waals surface area contributed by atoms with Crippen molar-refractivity contribution in [3.8, 4) is 0 Å². The number of pyridine rings is 1. The molecule has 2 aromatic heterocycles. The number of rotatable bonds is 6. The summed E-state index contributed by atoms with van der Waals surface area (Å²) in [6.07, 6.45) is 0. The number of benzene rings is 1. The minimum Gasteiger partial charge on any atom is -0.363 e. The summed E-state index contributed by atoms with van der Waals surface area (Å²) < 4.78 is 0. The van der Waals surface area contributed by atoms with E-state index in [9.17, 15) is 0 Å². The Bertz CT molecular complexity index is 902. The van der Waals surface area contributed by atoms with Crippen LogP contribution in [-0.4, -0.2) is 38.6 Å². The summed E-state index contributed by atoms with van der Waals surface area (Å²) in [5.41, 5.74) is 3.58. The van der Waals surface area contributed by atoms with Gasteiger partial charge in [0.1, 0.15) is 5.82 Å². The molecule has 1 atom stereocenters. The third-order valence-corrected chi connectivity index (χ3v) is 5.31. The highest BCUT2D eigenvalue weighted by atomic mass is 32.1. The Hall–Kier alpha value is -2.60. The minimum absolute atomic E-state index is 0.442. The van der Waals surface area contributed by atoms with Gasteiger partial charge in [0.25, 0.3) is 0 Å². The Morgan fingerprint density at radius 2 is 2.04 bits per heavy atom. The Morgan fingerprint density at radius 1 is 1.22 bits per heavy atom. The van der Waals surface area contributed by atoms with Gasteiger partial charge in [0.05, 0.1) is 5.52 Å². The lowest BCUT2D eigenvalue weighted by Crippen LogP contribution is -2.38. The summed E-state index contributed by atoms with van der Waals surface area (Å²) in [4.78, 5) is 11.1. The molecule has 0 saturated carbocycles. The largest absolute Gasteiger partial charge is 0.363 e. The van der Waals surface area contributed by atoms with Crippen LogP contribution >= 0.6 is 11.3 Å². The number of guanidine groups is 1. The summed E-state index contributed by atoms with van der Waals surface area (Å²) >= 11 is 1.74. The first-order valence-corrected chi connectivity index (χ1v) is 10.1. The predicted molar refractivity (Wildman–Crippen MR) is 117 cm³/mol. The van der Waals surface area contributed by atoms with Gasteiger partial charge in [-0.1, -0.05) is 25.1 Å². The van der Waals surface area contributed by atoms with Crippen molar-refractivity contribution < 1.29 is 0 Å². The zero-order chi connectivity index (χ0) is 19.2. The van der Waals surface area contributed by atoms with Gasteiger partial charge in [-0.25, -0.2) is 4.98 Å². The number of para-hydroxylation sites is 1. The summed E-state index contributed by atoms with van der Waals surface area (Å²) in [7, 11) is 5.84. The van der Waals surface area contributed by atoms with E-state index in [-0.39, 0.29) is 0 Å². The van der Waals surface area contributed by atoms with Crippen molar-refractivity contribution in [1.29, 1.82) is 0 Å². The molecule has 3 aromatic rings. The second-order valence-electron chi connectivity index (χ2n) is 6.82. The van der Waals surface area contributed by atoms with Crippen LogP contribution in [0, 0.1) is 0 Å². The number of anilines is 1. The maximum atomic E-state index is 4.72. The summed E-state index contributed by atoms with van der Waals surface area (Å²) in [5.74, 6) is 2.21. The first-order valence-electron chi connectivity index (χ1n) is 9.11. The molecule has 2 heterocycles. The van der Waals surface area contributed by atoms with Gasteiger partial charge in [0, 0.05) is 39.6 Å². The quantitative estimate of drug-likeness (QED) is 0.503. The highest BCUT2D eigenvalue weighted by Gasteiger charge is 2.09. The SMILES string of the molecule is CN=C(NCc1cc(N(C)C)nc2ccccc12)NCC(C)c1ccsc1. The van der Waals surface area contributed by atoms with Crippen LogP contribution in [0.2, 0.25) is 0 Å². The van der Waals surface area contributed by atoms with Crippen LogP contribution in [0.1, 0.15) is 24.0 Å². The highest BCUT2D eigenvalue weighted by molar-refractivity contribution is 7.07. The molecule has 27 heavy (non-hydrogen) atoms. The lowest BCUT2D eigenvalue weighted by Gasteiger charge is -2.18. The summed E-state index contributed by atoms with van der Waals surface area (Å²) in [6, 6.07) is 12.6. The number of aromatic nitrogens is 1. The van der Waals surface area contributed by atoms with Gasteiger partial charge in [-0.3, -0.25) is 4.99 Å². The van der Waals surface area contributed by atoms with Crippen molar-refractivity contribution in [2.24, 2.45) is 4.99 Å². The fourth-order valence-corrected chi connectivity index (χ4v) is 3.71. The van der Waals surface area contributed by atoms with E-state index in [1.54, 1.807) is 18.4 Å². The molecule has 5 nitrogen and oxygen atoms in total. The van der Waals surface area contributed by atoms with Crippen molar-refractivity contribution in [1.82, 2.24) is 15.6 Å². The monoisotopic (exact) mass is 381 g/mol. The molecule has 0 amide bonds. The van der Waals surface area contributed by atoms with Crippen LogP contribution in [0.25, 0.3) is 10.9 Å². The number of hydrogen-bond donors (Lipinski definition) is 2. The molecule has 1 unspecified atom stereocenters. The molecule has 0 spiro atoms. The standard InChI is InChI=1S/C21H27N5S/c1-15(16-9-10-27-14-16)12-23-21(22-2)24-13-17-11-20(26(3)4)25-19-8-6-5-7-18(17)19/h5-11,14-15H,12-13H2,1-4H3,(H2,22,23,24). The first kappa shape index (κ1) is 19.2. The molecular formula is C21H27N5S. The average molecular weight is 382 g/mol. The van der Waals surface area contributed by atoms with Gasteiger partial charge in [0.15, 0.2) is 5.96 Å². The van der Waals surface area contributed by atoms with E-state index < -0.39 is 0 Å². The average Bonchev–Trinajstić information content (AvgIpc) is 3.22. The Morgan fingerprint density at radius 3 is 2.74 bits per heavy atom. The second kappa shape index (κ2) is 8.86. The van der Waals surface area contributed by atoms with Gasteiger partial charge < -0.3 is 15.5 Å². The van der Waals surface area contributed by atoms with Crippen molar-refractivity contribution in [3.05, 3.63) is 58.3 Å². The number of nitrogens with zero attached hydrogens (tertiary/aromatic N) is 3. The third kappa shape index (κ3) is 4.77. The van der Waals surface area contributed by atoms with E-state index in [2.05, 4.69) is 63.6 Å². The third-order valence-electron chi connectivity index (χ3n) is 4.60. The van der Waals surface area contributed by atoms with E-state index in [1.165, 1.54) is 11.1 Å². The van der Waals surface area contributed by atoms with Gasteiger partial charge >= 0.3 is 0 Å². The molecule has 0 aliphatic heterocycles. The minimum atomic E-state index is 0.442. The van der Waals surface area contributed by atoms with Gasteiger partial charge in [-0.15, -0.1) is 0 Å². The smallest absolute Gasteiger partial charge is 0.191 e. The van der Waals surface area contributed by atoms with Gasteiger partial charge in [0.2, 0.25) is 0 Å². The highest BCUT2D eigenvalue weighted by Crippen LogP contribution is 2.22. The lowest BCUT2D eigenvalue weighted by molar-refractivity contribution is 0.701. The molecule has 1 aromatic carbocycles. The van der Waals surface area contributed by atoms with E-state index in [1.807, 2.05) is 25.1 Å². The number of hydrogen-bond acceptors (Lipinski definition) is 4. The van der Waals surface area contributed by atoms with Crippen LogP contribution in [0.15, 0.2) is 52.2 Å². The first-order chi connectivity index (χ1) is 13.1. The molecule has 0 saturated heterocycles. The fraction of sp³-hybridized carbons (Fsp3) is 0.333. The summed E-state index contributed by atoms with van der Waals surface area (Å²) in [5, 5.41) is 12.4. The van der Waals surface area contributed by atoms with Crippen LogP contribution in [0.3, 0.4) is 0 Å². The molecule has 0 fully saturated rings. The second-order valence-corrected chi connectivity index (χ2v) is 7.60. The molecule has 6 heteroatoms. The normalized spacial score (nSPS) is 12.8. The molecular weight excluding hydrogens is 354 g/mol. The Kier molecular flexibility index (Phi) is 6.29. The zero-order valence-electron chi connectivity index (χ0n) is 16.4. The lowest BCUT2D eigenvalue weighted by atomic mass is 10.1. The summed E-state index contributed by atoms with van der Waals surface area (Å²) in [6.45, 7) is 3.76. The van der Waals surface area contributed by atoms with E-state index in [0.29, 0.717) is 12.5 Å². The number of thiophene rings is 1. The Labute approximate surface area is 165 Å². The number of nitrogens with one attached hydrogen (secondary N) is 2. The molecule has 0 aliphatic rings. The Balaban J connectivity index is 1.69. The molecule has 0 radical (unpaired) electrons. The molecule has 0 bridgehead atoms. The van der Waals surface area contributed by atoms with Crippen molar-refractivity contribution in [2.45, 2.75) is 19.4 Å². The number of aliphatic imine (C=N–C) groups is 1. The van der Waals surface area contributed by atoms with Crippen LogP contribution in [-0.2, 0) is 6.54 Å². The molecule has 3 rings (SSSR count). The van der Waals surface area contributed by atoms with Crippen molar-refractivity contribution in [2.75, 3.05) is 32.6 Å². The zero-order valence-corrected chi connectivity index (χ0v) is 17.2. The van der Waals surface area contributed by atoms with Gasteiger partial charge in [-0.05, 0) is 46.0 Å². The van der Waals surface area contributed by atoms with E-state index >= 15 is 0 Å².